The molecule has 2 N–H and O–H groups in total. The topological polar surface area (TPSA) is 95.7 Å². The van der Waals surface area contributed by atoms with E-state index in [9.17, 15) is 14.9 Å². The van der Waals surface area contributed by atoms with Gasteiger partial charge in [-0.25, -0.2) is 0 Å². The molecule has 0 saturated heterocycles. The summed E-state index contributed by atoms with van der Waals surface area (Å²) >= 11 is 0. The van der Waals surface area contributed by atoms with Crippen molar-refractivity contribution in [2.45, 2.75) is 59.3 Å². The standard InChI is InChI=1S/C20H33N3O4/c1-4-5-7-10-22(11-8-6-9-12-24)15-19(25)21-20-16(2)13-18(23(26)27)14-17(20)3/h13-14,24H,4-12,15H2,1-3H3,(H,21,25). The molecule has 0 heterocycles. The first kappa shape index (κ1) is 23.0. The van der Waals surface area contributed by atoms with Crippen LogP contribution in [0.3, 0.4) is 0 Å². The number of benzene rings is 1. The Morgan fingerprint density at radius 2 is 1.70 bits per heavy atom. The van der Waals surface area contributed by atoms with Gasteiger partial charge in [-0.05, 0) is 63.7 Å². The zero-order valence-corrected chi connectivity index (χ0v) is 16.8. The van der Waals surface area contributed by atoms with E-state index in [4.69, 9.17) is 5.11 Å². The second-order valence-corrected chi connectivity index (χ2v) is 7.03. The Bertz CT molecular complexity index is 596. The summed E-state index contributed by atoms with van der Waals surface area (Å²) in [7, 11) is 0. The summed E-state index contributed by atoms with van der Waals surface area (Å²) in [5.74, 6) is -0.103. The van der Waals surface area contributed by atoms with Crippen LogP contribution in [-0.4, -0.2) is 47.1 Å². The first-order valence-electron chi connectivity index (χ1n) is 9.77. The number of nitro groups is 1. The van der Waals surface area contributed by atoms with Crippen LogP contribution >= 0.6 is 0 Å². The maximum Gasteiger partial charge on any atom is 0.270 e. The van der Waals surface area contributed by atoms with Crippen LogP contribution < -0.4 is 5.32 Å². The first-order chi connectivity index (χ1) is 12.9. The number of carbonyl (C=O) groups excluding carboxylic acids is 1. The largest absolute Gasteiger partial charge is 0.396 e. The van der Waals surface area contributed by atoms with Gasteiger partial charge < -0.3 is 10.4 Å². The lowest BCUT2D eigenvalue weighted by molar-refractivity contribution is -0.384. The van der Waals surface area contributed by atoms with Crippen molar-refractivity contribution in [3.05, 3.63) is 33.4 Å². The summed E-state index contributed by atoms with van der Waals surface area (Å²) in [6.07, 6.45) is 6.01. The molecule has 0 aliphatic rings. The fraction of sp³-hybridized carbons (Fsp3) is 0.650. The van der Waals surface area contributed by atoms with E-state index in [1.807, 2.05) is 0 Å². The Morgan fingerprint density at radius 3 is 2.22 bits per heavy atom. The molecular formula is C20H33N3O4. The average Bonchev–Trinajstić information content (AvgIpc) is 2.61. The molecule has 0 atom stereocenters. The van der Waals surface area contributed by atoms with Crippen LogP contribution in [0.25, 0.3) is 0 Å². The van der Waals surface area contributed by atoms with Crippen molar-refractivity contribution >= 4 is 17.3 Å². The Kier molecular flexibility index (Phi) is 10.6. The lowest BCUT2D eigenvalue weighted by Gasteiger charge is -2.22. The molecule has 27 heavy (non-hydrogen) atoms. The Labute approximate surface area is 161 Å². The highest BCUT2D eigenvalue weighted by Crippen LogP contribution is 2.26. The molecule has 0 aliphatic heterocycles. The maximum absolute atomic E-state index is 12.5. The third-order valence-corrected chi connectivity index (χ3v) is 4.57. The predicted molar refractivity (Wildman–Crippen MR) is 108 cm³/mol. The maximum atomic E-state index is 12.5. The van der Waals surface area contributed by atoms with Crippen LogP contribution in [0, 0.1) is 24.0 Å². The second kappa shape index (κ2) is 12.4. The Hall–Kier alpha value is -1.99. The number of rotatable bonds is 13. The van der Waals surface area contributed by atoms with Gasteiger partial charge >= 0.3 is 0 Å². The quantitative estimate of drug-likeness (QED) is 0.309. The van der Waals surface area contributed by atoms with Gasteiger partial charge in [0, 0.05) is 24.4 Å². The molecule has 1 aromatic carbocycles. The number of hydrogen-bond donors (Lipinski definition) is 2. The molecule has 0 unspecified atom stereocenters. The molecule has 1 amide bonds. The summed E-state index contributed by atoms with van der Waals surface area (Å²) < 4.78 is 0. The van der Waals surface area contributed by atoms with E-state index in [1.54, 1.807) is 13.8 Å². The Morgan fingerprint density at radius 1 is 1.11 bits per heavy atom. The summed E-state index contributed by atoms with van der Waals surface area (Å²) in [5.41, 5.74) is 2.07. The van der Waals surface area contributed by atoms with Crippen molar-refractivity contribution in [1.82, 2.24) is 4.90 Å². The molecule has 0 spiro atoms. The van der Waals surface area contributed by atoms with E-state index in [0.717, 1.165) is 51.6 Å². The monoisotopic (exact) mass is 379 g/mol. The number of unbranched alkanes of at least 4 members (excludes halogenated alkanes) is 4. The highest BCUT2D eigenvalue weighted by molar-refractivity contribution is 5.94. The summed E-state index contributed by atoms with van der Waals surface area (Å²) in [4.78, 5) is 25.2. The average molecular weight is 380 g/mol. The number of aliphatic hydroxyl groups is 1. The van der Waals surface area contributed by atoms with Gasteiger partial charge in [0.1, 0.15) is 0 Å². The smallest absolute Gasteiger partial charge is 0.270 e. The van der Waals surface area contributed by atoms with E-state index in [-0.39, 0.29) is 18.2 Å². The zero-order chi connectivity index (χ0) is 20.2. The molecule has 1 aromatic rings. The van der Waals surface area contributed by atoms with Gasteiger partial charge in [0.25, 0.3) is 5.69 Å². The number of amides is 1. The molecule has 7 heteroatoms. The first-order valence-corrected chi connectivity index (χ1v) is 9.77. The number of anilines is 1. The van der Waals surface area contributed by atoms with Crippen LogP contribution in [0.15, 0.2) is 12.1 Å². The van der Waals surface area contributed by atoms with Gasteiger partial charge in [-0.15, -0.1) is 0 Å². The normalized spacial score (nSPS) is 11.0. The van der Waals surface area contributed by atoms with Crippen LogP contribution in [0.5, 0.6) is 0 Å². The van der Waals surface area contributed by atoms with Crippen molar-refractivity contribution in [2.75, 3.05) is 31.6 Å². The highest BCUT2D eigenvalue weighted by Gasteiger charge is 2.16. The van der Waals surface area contributed by atoms with Crippen LogP contribution in [0.4, 0.5) is 11.4 Å². The number of aliphatic hydroxyl groups excluding tert-OH is 1. The van der Waals surface area contributed by atoms with Gasteiger partial charge in [0.2, 0.25) is 5.91 Å². The van der Waals surface area contributed by atoms with E-state index in [2.05, 4.69) is 17.1 Å². The molecule has 0 radical (unpaired) electrons. The van der Waals surface area contributed by atoms with Crippen LogP contribution in [0.2, 0.25) is 0 Å². The number of nitro benzene ring substituents is 1. The number of nitrogens with zero attached hydrogens (tertiary/aromatic N) is 2. The lowest BCUT2D eigenvalue weighted by Crippen LogP contribution is -2.35. The fourth-order valence-corrected chi connectivity index (χ4v) is 3.10. The van der Waals surface area contributed by atoms with Gasteiger partial charge in [0.05, 0.1) is 11.5 Å². The highest BCUT2D eigenvalue weighted by atomic mass is 16.6. The van der Waals surface area contributed by atoms with Crippen molar-refractivity contribution < 1.29 is 14.8 Å². The van der Waals surface area contributed by atoms with Crippen LogP contribution in [0.1, 0.15) is 56.6 Å². The van der Waals surface area contributed by atoms with Crippen LogP contribution in [-0.2, 0) is 4.79 Å². The number of nitrogens with one attached hydrogen (secondary N) is 1. The number of hydrogen-bond acceptors (Lipinski definition) is 5. The third-order valence-electron chi connectivity index (χ3n) is 4.57. The molecule has 152 valence electrons. The van der Waals surface area contributed by atoms with Gasteiger partial charge in [-0.1, -0.05) is 19.8 Å². The number of aryl methyl sites for hydroxylation is 2. The minimum atomic E-state index is -0.423. The minimum Gasteiger partial charge on any atom is -0.396 e. The molecule has 0 bridgehead atoms. The second-order valence-electron chi connectivity index (χ2n) is 7.03. The van der Waals surface area contributed by atoms with Crippen molar-refractivity contribution in [3.63, 3.8) is 0 Å². The van der Waals surface area contributed by atoms with Gasteiger partial charge in [0.15, 0.2) is 0 Å². The molecule has 0 saturated carbocycles. The minimum absolute atomic E-state index is 0.0353. The third kappa shape index (κ3) is 8.49. The summed E-state index contributed by atoms with van der Waals surface area (Å²) in [5, 5.41) is 22.8. The molecule has 7 nitrogen and oxygen atoms in total. The fourth-order valence-electron chi connectivity index (χ4n) is 3.10. The van der Waals surface area contributed by atoms with Crippen molar-refractivity contribution in [2.24, 2.45) is 0 Å². The molecule has 0 aliphatic carbocycles. The summed E-state index contributed by atoms with van der Waals surface area (Å²) in [6, 6.07) is 2.97. The van der Waals surface area contributed by atoms with Crippen molar-refractivity contribution in [1.29, 1.82) is 0 Å². The predicted octanol–water partition coefficient (Wildman–Crippen LogP) is 3.80. The number of carbonyl (C=O) groups is 1. The molecule has 0 aromatic heterocycles. The van der Waals surface area contributed by atoms with E-state index in [0.29, 0.717) is 23.4 Å². The van der Waals surface area contributed by atoms with E-state index in [1.165, 1.54) is 12.1 Å². The molecule has 0 fully saturated rings. The Balaban J connectivity index is 2.70. The van der Waals surface area contributed by atoms with E-state index >= 15 is 0 Å². The zero-order valence-electron chi connectivity index (χ0n) is 16.8. The molecular weight excluding hydrogens is 346 g/mol. The lowest BCUT2D eigenvalue weighted by atomic mass is 10.1. The van der Waals surface area contributed by atoms with Gasteiger partial charge in [-0.3, -0.25) is 19.8 Å². The van der Waals surface area contributed by atoms with Gasteiger partial charge in [-0.2, -0.15) is 0 Å². The molecule has 1 rings (SSSR count). The number of non-ortho nitro benzene ring substituents is 1. The van der Waals surface area contributed by atoms with E-state index < -0.39 is 4.92 Å². The van der Waals surface area contributed by atoms with Crippen molar-refractivity contribution in [3.8, 4) is 0 Å². The summed E-state index contributed by atoms with van der Waals surface area (Å²) in [6.45, 7) is 7.90. The SMILES string of the molecule is CCCCCN(CCCCCO)CC(=O)Nc1c(C)cc([N+](=O)[O-])cc1C.